The normalized spacial score (nSPS) is 12.5. The van der Waals surface area contributed by atoms with E-state index in [1.54, 1.807) is 7.11 Å². The molecule has 102 valence electrons. The van der Waals surface area contributed by atoms with Crippen LogP contribution >= 0.6 is 0 Å². The zero-order valence-corrected chi connectivity index (χ0v) is 12.2. The Morgan fingerprint density at radius 3 is 2.33 bits per heavy atom. The number of hydrogen-bond acceptors (Lipinski definition) is 3. The maximum Gasteiger partial charge on any atom is 0.125 e. The molecule has 1 rings (SSSR count). The number of nitrogens with one attached hydrogen (secondary N) is 1. The molecule has 3 heteroatoms. The predicted octanol–water partition coefficient (Wildman–Crippen LogP) is 2.62. The maximum absolute atomic E-state index is 5.85. The second-order valence-corrected chi connectivity index (χ2v) is 4.89. The Balaban J connectivity index is 2.40. The number of rotatable bonds is 7. The summed E-state index contributed by atoms with van der Waals surface area (Å²) in [6, 6.07) is 4.67. The van der Waals surface area contributed by atoms with Crippen LogP contribution in [0.2, 0.25) is 0 Å². The highest BCUT2D eigenvalue weighted by atomic mass is 16.5. The van der Waals surface area contributed by atoms with Crippen molar-refractivity contribution in [3.63, 3.8) is 0 Å². The van der Waals surface area contributed by atoms with Crippen molar-refractivity contribution >= 4 is 0 Å². The number of aryl methyl sites for hydroxylation is 3. The van der Waals surface area contributed by atoms with Crippen LogP contribution in [0, 0.1) is 20.8 Å². The van der Waals surface area contributed by atoms with E-state index >= 15 is 0 Å². The molecular formula is C15H25NO2. The van der Waals surface area contributed by atoms with Gasteiger partial charge in [0.15, 0.2) is 0 Å². The first-order chi connectivity index (χ1) is 8.54. The summed E-state index contributed by atoms with van der Waals surface area (Å²) < 4.78 is 10.9. The third kappa shape index (κ3) is 4.67. The van der Waals surface area contributed by atoms with E-state index < -0.39 is 0 Å². The van der Waals surface area contributed by atoms with Crippen molar-refractivity contribution in [1.82, 2.24) is 5.32 Å². The lowest BCUT2D eigenvalue weighted by Gasteiger charge is -2.15. The Kier molecular flexibility index (Phi) is 6.16. The van der Waals surface area contributed by atoms with Gasteiger partial charge in [-0.3, -0.25) is 0 Å². The molecule has 0 saturated heterocycles. The van der Waals surface area contributed by atoms with E-state index in [4.69, 9.17) is 9.47 Å². The molecule has 3 nitrogen and oxygen atoms in total. The van der Waals surface area contributed by atoms with Gasteiger partial charge >= 0.3 is 0 Å². The van der Waals surface area contributed by atoms with Gasteiger partial charge in [-0.25, -0.2) is 0 Å². The maximum atomic E-state index is 5.85. The SMILES string of the molecule is COCC(C)NCCOc1c(C)cc(C)cc1C. The van der Waals surface area contributed by atoms with Crippen molar-refractivity contribution in [2.45, 2.75) is 33.7 Å². The highest BCUT2D eigenvalue weighted by Gasteiger charge is 2.05. The molecule has 0 spiro atoms. The minimum Gasteiger partial charge on any atom is -0.492 e. The zero-order valence-electron chi connectivity index (χ0n) is 12.2. The Hall–Kier alpha value is -1.06. The van der Waals surface area contributed by atoms with Gasteiger partial charge in [-0.1, -0.05) is 17.7 Å². The first-order valence-corrected chi connectivity index (χ1v) is 6.47. The summed E-state index contributed by atoms with van der Waals surface area (Å²) >= 11 is 0. The first-order valence-electron chi connectivity index (χ1n) is 6.47. The van der Waals surface area contributed by atoms with E-state index in [0.29, 0.717) is 12.6 Å². The predicted molar refractivity (Wildman–Crippen MR) is 75.5 cm³/mol. The van der Waals surface area contributed by atoms with E-state index in [1.807, 2.05) is 0 Å². The fourth-order valence-corrected chi connectivity index (χ4v) is 2.16. The van der Waals surface area contributed by atoms with Crippen LogP contribution in [0.1, 0.15) is 23.6 Å². The highest BCUT2D eigenvalue weighted by Crippen LogP contribution is 2.24. The molecule has 0 amide bonds. The molecule has 0 aliphatic heterocycles. The third-order valence-corrected chi connectivity index (χ3v) is 2.86. The number of benzene rings is 1. The Labute approximate surface area is 110 Å². The van der Waals surface area contributed by atoms with Gasteiger partial charge in [-0.2, -0.15) is 0 Å². The van der Waals surface area contributed by atoms with E-state index in [9.17, 15) is 0 Å². The van der Waals surface area contributed by atoms with Crippen LogP contribution in [0.25, 0.3) is 0 Å². The molecule has 1 atom stereocenters. The molecule has 0 saturated carbocycles. The van der Waals surface area contributed by atoms with Crippen LogP contribution in [0.5, 0.6) is 5.75 Å². The molecular weight excluding hydrogens is 226 g/mol. The van der Waals surface area contributed by atoms with Gasteiger partial charge in [0.1, 0.15) is 12.4 Å². The van der Waals surface area contributed by atoms with Crippen molar-refractivity contribution < 1.29 is 9.47 Å². The van der Waals surface area contributed by atoms with Crippen molar-refractivity contribution in [3.05, 3.63) is 28.8 Å². The van der Waals surface area contributed by atoms with E-state index in [2.05, 4.69) is 45.1 Å². The van der Waals surface area contributed by atoms with E-state index in [-0.39, 0.29) is 0 Å². The lowest BCUT2D eigenvalue weighted by molar-refractivity contribution is 0.169. The van der Waals surface area contributed by atoms with Crippen molar-refractivity contribution in [3.8, 4) is 5.75 Å². The summed E-state index contributed by atoms with van der Waals surface area (Å²) in [5.41, 5.74) is 3.69. The zero-order chi connectivity index (χ0) is 13.5. The topological polar surface area (TPSA) is 30.5 Å². The first kappa shape index (κ1) is 15.0. The molecule has 0 fully saturated rings. The van der Waals surface area contributed by atoms with Gasteiger partial charge in [0, 0.05) is 19.7 Å². The van der Waals surface area contributed by atoms with Gasteiger partial charge in [0.2, 0.25) is 0 Å². The van der Waals surface area contributed by atoms with Gasteiger partial charge in [-0.15, -0.1) is 0 Å². The monoisotopic (exact) mass is 251 g/mol. The number of ether oxygens (including phenoxy) is 2. The molecule has 1 aromatic carbocycles. The van der Waals surface area contributed by atoms with Crippen molar-refractivity contribution in [2.24, 2.45) is 0 Å². The summed E-state index contributed by atoms with van der Waals surface area (Å²) in [6.07, 6.45) is 0. The minimum atomic E-state index is 0.360. The molecule has 0 aliphatic carbocycles. The summed E-state index contributed by atoms with van der Waals surface area (Å²) in [5.74, 6) is 1.02. The van der Waals surface area contributed by atoms with Crippen LogP contribution in [0.15, 0.2) is 12.1 Å². The molecule has 0 radical (unpaired) electrons. The quantitative estimate of drug-likeness (QED) is 0.756. The van der Waals surface area contributed by atoms with Gasteiger partial charge < -0.3 is 14.8 Å². The molecule has 1 aromatic rings. The lowest BCUT2D eigenvalue weighted by Crippen LogP contribution is -2.33. The second-order valence-electron chi connectivity index (χ2n) is 4.89. The number of methoxy groups -OCH3 is 1. The smallest absolute Gasteiger partial charge is 0.125 e. The Bertz CT molecular complexity index is 354. The van der Waals surface area contributed by atoms with Crippen molar-refractivity contribution in [2.75, 3.05) is 26.9 Å². The number of hydrogen-bond donors (Lipinski definition) is 1. The Morgan fingerprint density at radius 1 is 1.17 bits per heavy atom. The van der Waals surface area contributed by atoms with Gasteiger partial charge in [-0.05, 0) is 38.8 Å². The molecule has 18 heavy (non-hydrogen) atoms. The van der Waals surface area contributed by atoms with Crippen LogP contribution in [0.4, 0.5) is 0 Å². The second kappa shape index (κ2) is 7.39. The largest absolute Gasteiger partial charge is 0.492 e. The fraction of sp³-hybridized carbons (Fsp3) is 0.600. The van der Waals surface area contributed by atoms with Crippen LogP contribution < -0.4 is 10.1 Å². The Morgan fingerprint density at radius 2 is 1.78 bits per heavy atom. The molecule has 1 N–H and O–H groups in total. The van der Waals surface area contributed by atoms with Crippen LogP contribution in [-0.4, -0.2) is 32.9 Å². The highest BCUT2D eigenvalue weighted by molar-refractivity contribution is 5.42. The van der Waals surface area contributed by atoms with E-state index in [0.717, 1.165) is 18.9 Å². The summed E-state index contributed by atoms with van der Waals surface area (Å²) in [4.78, 5) is 0. The minimum absolute atomic E-state index is 0.360. The average Bonchev–Trinajstić information content (AvgIpc) is 2.27. The summed E-state index contributed by atoms with van der Waals surface area (Å²) in [6.45, 7) is 10.6. The van der Waals surface area contributed by atoms with Crippen molar-refractivity contribution in [1.29, 1.82) is 0 Å². The molecule has 0 aromatic heterocycles. The van der Waals surface area contributed by atoms with Gasteiger partial charge in [0.25, 0.3) is 0 Å². The average molecular weight is 251 g/mol. The molecule has 0 bridgehead atoms. The summed E-state index contributed by atoms with van der Waals surface area (Å²) in [5, 5.41) is 3.35. The molecule has 0 aliphatic rings. The molecule has 0 heterocycles. The lowest BCUT2D eigenvalue weighted by atomic mass is 10.1. The van der Waals surface area contributed by atoms with Gasteiger partial charge in [0.05, 0.1) is 6.61 Å². The molecule has 1 unspecified atom stereocenters. The standard InChI is InChI=1S/C15H25NO2/c1-11-8-12(2)15(13(3)9-11)18-7-6-16-14(4)10-17-5/h8-9,14,16H,6-7,10H2,1-5H3. The summed E-state index contributed by atoms with van der Waals surface area (Å²) in [7, 11) is 1.72. The third-order valence-electron chi connectivity index (χ3n) is 2.86. The van der Waals surface area contributed by atoms with Crippen LogP contribution in [-0.2, 0) is 4.74 Å². The fourth-order valence-electron chi connectivity index (χ4n) is 2.16. The van der Waals surface area contributed by atoms with E-state index in [1.165, 1.54) is 16.7 Å². The van der Waals surface area contributed by atoms with Crippen LogP contribution in [0.3, 0.4) is 0 Å².